The molecule has 1 aromatic carbocycles. The zero-order chi connectivity index (χ0) is 13.7. The van der Waals surface area contributed by atoms with Crippen LogP contribution in [-0.2, 0) is 12.3 Å². The van der Waals surface area contributed by atoms with Crippen LogP contribution >= 0.6 is 23.4 Å². The van der Waals surface area contributed by atoms with Gasteiger partial charge in [-0.1, -0.05) is 31.5 Å². The molecule has 0 aliphatic rings. The number of hydrogen-bond acceptors (Lipinski definition) is 3. The fourth-order valence-corrected chi connectivity index (χ4v) is 2.72. The van der Waals surface area contributed by atoms with Crippen LogP contribution in [0.5, 0.6) is 0 Å². The maximum atomic E-state index is 5.96. The van der Waals surface area contributed by atoms with E-state index in [-0.39, 0.29) is 0 Å². The fourth-order valence-electron chi connectivity index (χ4n) is 1.61. The molecule has 0 unspecified atom stereocenters. The lowest BCUT2D eigenvalue weighted by molar-refractivity contribution is 0.445. The average Bonchev–Trinajstić information content (AvgIpc) is 2.82. The van der Waals surface area contributed by atoms with Crippen molar-refractivity contribution in [3.8, 4) is 0 Å². The van der Waals surface area contributed by atoms with Gasteiger partial charge in [0.05, 0.1) is 12.3 Å². The number of benzene rings is 1. The summed E-state index contributed by atoms with van der Waals surface area (Å²) in [5, 5.41) is 4.11. The Balaban J connectivity index is 1.86. The Bertz CT molecular complexity index is 524. The highest BCUT2D eigenvalue weighted by Crippen LogP contribution is 2.25. The van der Waals surface area contributed by atoms with E-state index in [2.05, 4.69) is 25.2 Å². The van der Waals surface area contributed by atoms with Crippen LogP contribution in [0.4, 0.5) is 0 Å². The Morgan fingerprint density at radius 2 is 2.00 bits per heavy atom. The van der Waals surface area contributed by atoms with Gasteiger partial charge in [-0.15, -0.1) is 11.8 Å². The standard InChI is InChI=1S/C15H18ClNOS/c1-11(2)17-9-13-6-7-14(18-13)10-19-15-5-3-4-12(16)8-15/h3-8,11,17H,9-10H2,1-2H3. The van der Waals surface area contributed by atoms with Crippen LogP contribution < -0.4 is 5.32 Å². The van der Waals surface area contributed by atoms with E-state index in [9.17, 15) is 0 Å². The van der Waals surface area contributed by atoms with Crippen molar-refractivity contribution in [1.82, 2.24) is 5.32 Å². The Morgan fingerprint density at radius 1 is 1.21 bits per heavy atom. The van der Waals surface area contributed by atoms with E-state index < -0.39 is 0 Å². The average molecular weight is 296 g/mol. The summed E-state index contributed by atoms with van der Waals surface area (Å²) >= 11 is 7.68. The fraction of sp³-hybridized carbons (Fsp3) is 0.333. The first kappa shape index (κ1) is 14.5. The lowest BCUT2D eigenvalue weighted by Crippen LogP contribution is -2.21. The van der Waals surface area contributed by atoms with E-state index in [1.165, 1.54) is 0 Å². The van der Waals surface area contributed by atoms with E-state index in [0.717, 1.165) is 33.7 Å². The van der Waals surface area contributed by atoms with Crippen molar-refractivity contribution in [3.63, 3.8) is 0 Å². The van der Waals surface area contributed by atoms with Crippen LogP contribution in [-0.4, -0.2) is 6.04 Å². The van der Waals surface area contributed by atoms with Crippen molar-refractivity contribution < 1.29 is 4.42 Å². The molecule has 19 heavy (non-hydrogen) atoms. The highest BCUT2D eigenvalue weighted by Gasteiger charge is 2.04. The lowest BCUT2D eigenvalue weighted by Gasteiger charge is -2.05. The molecule has 2 nitrogen and oxygen atoms in total. The number of thioether (sulfide) groups is 1. The number of hydrogen-bond donors (Lipinski definition) is 1. The van der Waals surface area contributed by atoms with Gasteiger partial charge in [0.1, 0.15) is 11.5 Å². The summed E-state index contributed by atoms with van der Waals surface area (Å²) in [4.78, 5) is 1.16. The third-order valence-corrected chi connectivity index (χ3v) is 3.83. The summed E-state index contributed by atoms with van der Waals surface area (Å²) in [6, 6.07) is 12.4. The molecule has 2 rings (SSSR count). The van der Waals surface area contributed by atoms with Gasteiger partial charge in [0.25, 0.3) is 0 Å². The molecule has 0 aliphatic carbocycles. The SMILES string of the molecule is CC(C)NCc1ccc(CSc2cccc(Cl)c2)o1. The van der Waals surface area contributed by atoms with Crippen molar-refractivity contribution >= 4 is 23.4 Å². The molecule has 1 N–H and O–H groups in total. The second-order valence-electron chi connectivity index (χ2n) is 4.65. The van der Waals surface area contributed by atoms with E-state index in [1.807, 2.05) is 30.3 Å². The van der Waals surface area contributed by atoms with Crippen molar-refractivity contribution in [2.75, 3.05) is 0 Å². The minimum Gasteiger partial charge on any atom is -0.464 e. The monoisotopic (exact) mass is 295 g/mol. The number of furan rings is 1. The maximum absolute atomic E-state index is 5.96. The molecule has 0 spiro atoms. The molecule has 0 saturated carbocycles. The lowest BCUT2D eigenvalue weighted by atomic mass is 10.3. The third-order valence-electron chi connectivity index (χ3n) is 2.58. The second-order valence-corrected chi connectivity index (χ2v) is 6.13. The normalized spacial score (nSPS) is 11.2. The largest absolute Gasteiger partial charge is 0.464 e. The molecule has 0 saturated heterocycles. The van der Waals surface area contributed by atoms with Gasteiger partial charge in [-0.3, -0.25) is 0 Å². The molecule has 102 valence electrons. The third kappa shape index (κ3) is 4.94. The minimum absolute atomic E-state index is 0.467. The Labute approximate surface area is 123 Å². The van der Waals surface area contributed by atoms with Gasteiger partial charge in [0.2, 0.25) is 0 Å². The molecular weight excluding hydrogens is 278 g/mol. The van der Waals surface area contributed by atoms with Crippen LogP contribution in [0.2, 0.25) is 5.02 Å². The van der Waals surface area contributed by atoms with E-state index in [0.29, 0.717) is 6.04 Å². The van der Waals surface area contributed by atoms with Gasteiger partial charge in [0.15, 0.2) is 0 Å². The predicted molar refractivity (Wildman–Crippen MR) is 81.7 cm³/mol. The highest BCUT2D eigenvalue weighted by molar-refractivity contribution is 7.98. The van der Waals surface area contributed by atoms with Gasteiger partial charge in [-0.2, -0.15) is 0 Å². The maximum Gasteiger partial charge on any atom is 0.118 e. The Morgan fingerprint density at radius 3 is 2.74 bits per heavy atom. The topological polar surface area (TPSA) is 25.2 Å². The molecule has 0 fully saturated rings. The van der Waals surface area contributed by atoms with Crippen LogP contribution in [0, 0.1) is 0 Å². The molecule has 0 atom stereocenters. The van der Waals surface area contributed by atoms with Gasteiger partial charge in [-0.05, 0) is 30.3 Å². The van der Waals surface area contributed by atoms with Crippen LogP contribution in [0.1, 0.15) is 25.4 Å². The van der Waals surface area contributed by atoms with E-state index in [4.69, 9.17) is 16.0 Å². The van der Waals surface area contributed by atoms with Crippen molar-refractivity contribution in [3.05, 3.63) is 52.9 Å². The first-order valence-corrected chi connectivity index (χ1v) is 7.69. The smallest absolute Gasteiger partial charge is 0.118 e. The van der Waals surface area contributed by atoms with Crippen molar-refractivity contribution in [2.45, 2.75) is 37.1 Å². The molecule has 0 aliphatic heterocycles. The first-order chi connectivity index (χ1) is 9.13. The molecule has 0 bridgehead atoms. The van der Waals surface area contributed by atoms with Gasteiger partial charge < -0.3 is 9.73 Å². The van der Waals surface area contributed by atoms with E-state index >= 15 is 0 Å². The summed E-state index contributed by atoms with van der Waals surface area (Å²) in [6.45, 7) is 5.02. The summed E-state index contributed by atoms with van der Waals surface area (Å²) in [5.74, 6) is 2.79. The number of nitrogens with one attached hydrogen (secondary N) is 1. The summed E-state index contributed by atoms with van der Waals surface area (Å²) in [6.07, 6.45) is 0. The molecule has 0 radical (unpaired) electrons. The highest BCUT2D eigenvalue weighted by atomic mass is 35.5. The van der Waals surface area contributed by atoms with E-state index in [1.54, 1.807) is 11.8 Å². The Hall–Kier alpha value is -0.900. The molecule has 1 heterocycles. The second kappa shape index (κ2) is 7.04. The first-order valence-electron chi connectivity index (χ1n) is 6.33. The number of rotatable bonds is 6. The van der Waals surface area contributed by atoms with Gasteiger partial charge in [0, 0.05) is 16.0 Å². The molecular formula is C15H18ClNOS. The summed E-state index contributed by atoms with van der Waals surface area (Å²) < 4.78 is 5.77. The molecule has 1 aromatic heterocycles. The molecule has 4 heteroatoms. The van der Waals surface area contributed by atoms with Crippen molar-refractivity contribution in [2.24, 2.45) is 0 Å². The zero-order valence-corrected chi connectivity index (χ0v) is 12.7. The molecule has 0 amide bonds. The van der Waals surface area contributed by atoms with Gasteiger partial charge >= 0.3 is 0 Å². The quantitative estimate of drug-likeness (QED) is 0.780. The van der Waals surface area contributed by atoms with Crippen molar-refractivity contribution in [1.29, 1.82) is 0 Å². The van der Waals surface area contributed by atoms with Crippen LogP contribution in [0.15, 0.2) is 45.7 Å². The summed E-state index contributed by atoms with van der Waals surface area (Å²) in [7, 11) is 0. The van der Waals surface area contributed by atoms with Gasteiger partial charge in [-0.25, -0.2) is 0 Å². The van der Waals surface area contributed by atoms with Crippen LogP contribution in [0.25, 0.3) is 0 Å². The predicted octanol–water partition coefficient (Wildman–Crippen LogP) is 4.72. The molecule has 2 aromatic rings. The van der Waals surface area contributed by atoms with Crippen LogP contribution in [0.3, 0.4) is 0 Å². The Kier molecular flexibility index (Phi) is 5.37. The zero-order valence-electron chi connectivity index (χ0n) is 11.2. The minimum atomic E-state index is 0.467. The number of halogens is 1. The summed E-state index contributed by atoms with van der Waals surface area (Å²) in [5.41, 5.74) is 0.